The van der Waals surface area contributed by atoms with Crippen LogP contribution in [0.5, 0.6) is 11.5 Å². The summed E-state index contributed by atoms with van der Waals surface area (Å²) in [5.41, 5.74) is 0.758. The number of hydrogen-bond donors (Lipinski definition) is 1. The van der Waals surface area contributed by atoms with Gasteiger partial charge in [0, 0.05) is 19.0 Å². The van der Waals surface area contributed by atoms with Crippen molar-refractivity contribution in [3.8, 4) is 11.5 Å². The summed E-state index contributed by atoms with van der Waals surface area (Å²) in [7, 11) is 0. The zero-order valence-corrected chi connectivity index (χ0v) is 16.0. The van der Waals surface area contributed by atoms with Crippen LogP contribution in [0.2, 0.25) is 0 Å². The maximum atomic E-state index is 12.6. The second kappa shape index (κ2) is 8.10. The third-order valence-electron chi connectivity index (χ3n) is 4.84. The van der Waals surface area contributed by atoms with Crippen LogP contribution in [-0.2, 0) is 9.59 Å². The molecule has 0 radical (unpaired) electrons. The third kappa shape index (κ3) is 3.91. The summed E-state index contributed by atoms with van der Waals surface area (Å²) in [4.78, 5) is 38.5. The average molecular weight is 400 g/mol. The van der Waals surface area contributed by atoms with Crippen LogP contribution in [-0.4, -0.2) is 41.8 Å². The molecule has 1 fully saturated rings. The van der Waals surface area contributed by atoms with E-state index in [0.717, 1.165) is 36.6 Å². The van der Waals surface area contributed by atoms with Gasteiger partial charge in [0.05, 0.1) is 4.91 Å². The van der Waals surface area contributed by atoms with Gasteiger partial charge in [-0.3, -0.25) is 19.3 Å². The molecule has 1 aromatic rings. The van der Waals surface area contributed by atoms with E-state index in [-0.39, 0.29) is 42.9 Å². The van der Waals surface area contributed by atoms with Crippen molar-refractivity contribution < 1.29 is 23.9 Å². The van der Waals surface area contributed by atoms with Crippen LogP contribution >= 0.6 is 11.8 Å². The molecule has 0 bridgehead atoms. The summed E-state index contributed by atoms with van der Waals surface area (Å²) in [6, 6.07) is 5.35. The molecular formula is C20H20N2O5S. The van der Waals surface area contributed by atoms with Gasteiger partial charge >= 0.3 is 0 Å². The van der Waals surface area contributed by atoms with Gasteiger partial charge in [0.1, 0.15) is 0 Å². The van der Waals surface area contributed by atoms with Gasteiger partial charge in [-0.05, 0) is 54.8 Å². The van der Waals surface area contributed by atoms with Crippen LogP contribution < -0.4 is 14.8 Å². The Morgan fingerprint density at radius 3 is 2.93 bits per heavy atom. The topological polar surface area (TPSA) is 84.9 Å². The number of rotatable bonds is 5. The highest BCUT2D eigenvalue weighted by Crippen LogP contribution is 2.36. The predicted molar refractivity (Wildman–Crippen MR) is 105 cm³/mol. The highest BCUT2D eigenvalue weighted by Gasteiger charge is 2.35. The maximum Gasteiger partial charge on any atom is 0.293 e. The Balaban J connectivity index is 1.34. The van der Waals surface area contributed by atoms with E-state index >= 15 is 0 Å². The van der Waals surface area contributed by atoms with Gasteiger partial charge in [0.25, 0.3) is 11.1 Å². The molecule has 0 spiro atoms. The quantitative estimate of drug-likeness (QED) is 0.604. The molecule has 146 valence electrons. The van der Waals surface area contributed by atoms with Crippen LogP contribution in [0.4, 0.5) is 4.79 Å². The van der Waals surface area contributed by atoms with Gasteiger partial charge in [0.15, 0.2) is 11.5 Å². The molecule has 1 N–H and O–H groups in total. The van der Waals surface area contributed by atoms with Gasteiger partial charge < -0.3 is 14.8 Å². The van der Waals surface area contributed by atoms with Gasteiger partial charge in [-0.2, -0.15) is 0 Å². The predicted octanol–water partition coefficient (Wildman–Crippen LogP) is 2.92. The molecule has 1 aromatic carbocycles. The van der Waals surface area contributed by atoms with Gasteiger partial charge in [-0.25, -0.2) is 0 Å². The molecule has 1 saturated heterocycles. The summed E-state index contributed by atoms with van der Waals surface area (Å²) in [5.74, 6) is 0.892. The van der Waals surface area contributed by atoms with E-state index in [4.69, 9.17) is 9.47 Å². The Labute approximate surface area is 166 Å². The first-order valence-electron chi connectivity index (χ1n) is 9.19. The SMILES string of the molecule is O=C(NCCN1C(=O)S/C(=C\c2ccc3c(c2)OCO3)C1=O)[C@@H]1CC=CCC1. The number of imide groups is 1. The van der Waals surface area contributed by atoms with E-state index in [0.29, 0.717) is 16.4 Å². The van der Waals surface area contributed by atoms with Gasteiger partial charge in [-0.1, -0.05) is 18.2 Å². The smallest absolute Gasteiger partial charge is 0.293 e. The van der Waals surface area contributed by atoms with Crippen molar-refractivity contribution >= 4 is 34.9 Å². The lowest BCUT2D eigenvalue weighted by atomic mass is 9.94. The summed E-state index contributed by atoms with van der Waals surface area (Å²) in [5, 5.41) is 2.51. The zero-order valence-electron chi connectivity index (χ0n) is 15.2. The Kier molecular flexibility index (Phi) is 5.38. The maximum absolute atomic E-state index is 12.6. The normalized spacial score (nSPS) is 22.2. The van der Waals surface area contributed by atoms with Crippen LogP contribution in [0.3, 0.4) is 0 Å². The number of benzene rings is 1. The standard InChI is InChI=1S/C20H20N2O5S/c23-18(14-4-2-1-3-5-14)21-8-9-22-19(24)17(28-20(22)25)11-13-6-7-15-16(10-13)27-12-26-15/h1-2,6-7,10-11,14H,3-5,8-9,12H2,(H,21,23)/b17-11-/t14-/m1/s1. The number of carbonyl (C=O) groups is 3. The molecule has 7 nitrogen and oxygen atoms in total. The van der Waals surface area contributed by atoms with Crippen molar-refractivity contribution in [3.05, 3.63) is 40.8 Å². The first-order valence-corrected chi connectivity index (χ1v) is 10.0. The molecule has 1 aliphatic carbocycles. The molecule has 3 amide bonds. The molecular weight excluding hydrogens is 380 g/mol. The molecule has 2 aliphatic heterocycles. The van der Waals surface area contributed by atoms with E-state index < -0.39 is 0 Å². The molecule has 1 atom stereocenters. The number of carbonyl (C=O) groups excluding carboxylic acids is 3. The van der Waals surface area contributed by atoms with E-state index in [1.165, 1.54) is 4.90 Å². The van der Waals surface area contributed by atoms with Crippen molar-refractivity contribution in [2.24, 2.45) is 5.92 Å². The number of amides is 3. The van der Waals surface area contributed by atoms with Crippen LogP contribution in [0.15, 0.2) is 35.3 Å². The Bertz CT molecular complexity index is 879. The van der Waals surface area contributed by atoms with E-state index in [2.05, 4.69) is 11.4 Å². The molecule has 8 heteroatoms. The lowest BCUT2D eigenvalue weighted by Gasteiger charge is -2.18. The minimum absolute atomic E-state index is 0.0211. The fraction of sp³-hybridized carbons (Fsp3) is 0.350. The second-order valence-electron chi connectivity index (χ2n) is 6.72. The van der Waals surface area contributed by atoms with E-state index in [1.807, 2.05) is 6.08 Å². The summed E-state index contributed by atoms with van der Waals surface area (Å²) in [6.45, 7) is 0.601. The minimum atomic E-state index is -0.345. The highest BCUT2D eigenvalue weighted by molar-refractivity contribution is 8.18. The van der Waals surface area contributed by atoms with Crippen molar-refractivity contribution in [2.75, 3.05) is 19.9 Å². The van der Waals surface area contributed by atoms with Crippen molar-refractivity contribution in [1.82, 2.24) is 10.2 Å². The lowest BCUT2D eigenvalue weighted by molar-refractivity contribution is -0.126. The Hall–Kier alpha value is -2.74. The van der Waals surface area contributed by atoms with E-state index in [1.54, 1.807) is 24.3 Å². The van der Waals surface area contributed by atoms with E-state index in [9.17, 15) is 14.4 Å². The molecule has 3 aliphatic rings. The minimum Gasteiger partial charge on any atom is -0.454 e. The number of fused-ring (bicyclic) bond motifs is 1. The lowest BCUT2D eigenvalue weighted by Crippen LogP contribution is -2.39. The average Bonchev–Trinajstić information content (AvgIpc) is 3.28. The van der Waals surface area contributed by atoms with Crippen LogP contribution in [0.1, 0.15) is 24.8 Å². The first-order chi connectivity index (χ1) is 13.6. The number of thioether (sulfide) groups is 1. The molecule has 28 heavy (non-hydrogen) atoms. The fourth-order valence-electron chi connectivity index (χ4n) is 3.31. The third-order valence-corrected chi connectivity index (χ3v) is 5.75. The number of allylic oxidation sites excluding steroid dienone is 2. The first kappa shape index (κ1) is 18.6. The monoisotopic (exact) mass is 400 g/mol. The molecule has 0 saturated carbocycles. The second-order valence-corrected chi connectivity index (χ2v) is 7.71. The van der Waals surface area contributed by atoms with Gasteiger partial charge in [-0.15, -0.1) is 0 Å². The summed E-state index contributed by atoms with van der Waals surface area (Å²) < 4.78 is 10.6. The number of ether oxygens (including phenoxy) is 2. The highest BCUT2D eigenvalue weighted by atomic mass is 32.2. The molecule has 4 rings (SSSR count). The number of nitrogens with zero attached hydrogens (tertiary/aromatic N) is 1. The Morgan fingerprint density at radius 1 is 1.25 bits per heavy atom. The zero-order chi connectivity index (χ0) is 19.5. The number of nitrogens with one attached hydrogen (secondary N) is 1. The van der Waals surface area contributed by atoms with Crippen molar-refractivity contribution in [1.29, 1.82) is 0 Å². The largest absolute Gasteiger partial charge is 0.454 e. The Morgan fingerprint density at radius 2 is 2.11 bits per heavy atom. The number of hydrogen-bond acceptors (Lipinski definition) is 6. The summed E-state index contributed by atoms with van der Waals surface area (Å²) in [6.07, 6.45) is 8.25. The van der Waals surface area contributed by atoms with Crippen molar-refractivity contribution in [2.45, 2.75) is 19.3 Å². The summed E-state index contributed by atoms with van der Waals surface area (Å²) >= 11 is 0.901. The molecule has 0 aromatic heterocycles. The fourth-order valence-corrected chi connectivity index (χ4v) is 4.18. The molecule has 0 unspecified atom stereocenters. The van der Waals surface area contributed by atoms with Gasteiger partial charge in [0.2, 0.25) is 12.7 Å². The van der Waals surface area contributed by atoms with Crippen LogP contribution in [0.25, 0.3) is 6.08 Å². The van der Waals surface area contributed by atoms with Crippen LogP contribution in [0, 0.1) is 5.92 Å². The molecule has 2 heterocycles. The van der Waals surface area contributed by atoms with Crippen molar-refractivity contribution in [3.63, 3.8) is 0 Å².